The predicted octanol–water partition coefficient (Wildman–Crippen LogP) is 2.39. The fraction of sp³-hybridized carbons (Fsp3) is 0.350. The zero-order valence-corrected chi connectivity index (χ0v) is 16.4. The van der Waals surface area contributed by atoms with Crippen LogP contribution in [0.5, 0.6) is 5.75 Å². The molecular formula is C20H21ClFN5O2. The molecule has 29 heavy (non-hydrogen) atoms. The zero-order valence-electron chi connectivity index (χ0n) is 15.7. The van der Waals surface area contributed by atoms with E-state index < -0.39 is 5.82 Å². The molecule has 0 amide bonds. The monoisotopic (exact) mass is 417 g/mol. The van der Waals surface area contributed by atoms with Crippen molar-refractivity contribution in [3.8, 4) is 5.75 Å². The van der Waals surface area contributed by atoms with Crippen molar-refractivity contribution in [2.45, 2.75) is 19.6 Å². The Hall–Kier alpha value is -2.55. The number of nitrogens with zero attached hydrogens (tertiary/aromatic N) is 2. The van der Waals surface area contributed by atoms with E-state index in [1.165, 1.54) is 18.2 Å². The maximum Gasteiger partial charge on any atom is 0.258 e. The summed E-state index contributed by atoms with van der Waals surface area (Å²) in [5.74, 6) is 0.829. The van der Waals surface area contributed by atoms with Gasteiger partial charge in [0.1, 0.15) is 29.5 Å². The van der Waals surface area contributed by atoms with E-state index >= 15 is 0 Å². The molecule has 1 aliphatic heterocycles. The van der Waals surface area contributed by atoms with Crippen LogP contribution in [0, 0.1) is 11.7 Å². The molecule has 0 spiro atoms. The third-order valence-corrected chi connectivity index (χ3v) is 5.19. The Bertz CT molecular complexity index is 1070. The SMILES string of the molecule is O=c1[nH]c(COc2ccc(F)c(Cl)c2)nc2c(CNC[C@H]3CCNC3)nccc12. The molecule has 0 aliphatic carbocycles. The Morgan fingerprint density at radius 1 is 1.34 bits per heavy atom. The first kappa shape index (κ1) is 19.8. The van der Waals surface area contributed by atoms with E-state index in [9.17, 15) is 9.18 Å². The Labute approximate surface area is 171 Å². The second kappa shape index (κ2) is 8.86. The van der Waals surface area contributed by atoms with Crippen molar-refractivity contribution in [2.75, 3.05) is 19.6 Å². The van der Waals surface area contributed by atoms with Gasteiger partial charge < -0.3 is 20.4 Å². The van der Waals surface area contributed by atoms with Crippen LogP contribution in [0.25, 0.3) is 10.9 Å². The highest BCUT2D eigenvalue weighted by atomic mass is 35.5. The van der Waals surface area contributed by atoms with Crippen molar-refractivity contribution in [1.29, 1.82) is 0 Å². The van der Waals surface area contributed by atoms with Crippen LogP contribution < -0.4 is 20.9 Å². The molecule has 1 aromatic carbocycles. The second-order valence-corrected chi connectivity index (χ2v) is 7.43. The molecular weight excluding hydrogens is 397 g/mol. The normalized spacial score (nSPS) is 16.4. The Balaban J connectivity index is 1.50. The van der Waals surface area contributed by atoms with Gasteiger partial charge in [-0.2, -0.15) is 0 Å². The Kier molecular flexibility index (Phi) is 6.03. The lowest BCUT2D eigenvalue weighted by Crippen LogP contribution is -2.25. The minimum atomic E-state index is -0.521. The number of ether oxygens (including phenoxy) is 1. The lowest BCUT2D eigenvalue weighted by atomic mass is 10.1. The van der Waals surface area contributed by atoms with Gasteiger partial charge in [-0.15, -0.1) is 0 Å². The van der Waals surface area contributed by atoms with E-state index in [-0.39, 0.29) is 17.2 Å². The van der Waals surface area contributed by atoms with Gasteiger partial charge in [0.2, 0.25) is 0 Å². The van der Waals surface area contributed by atoms with Gasteiger partial charge in [-0.3, -0.25) is 9.78 Å². The molecule has 3 N–H and O–H groups in total. The number of nitrogens with one attached hydrogen (secondary N) is 3. The number of hydrogen-bond acceptors (Lipinski definition) is 6. The molecule has 3 heterocycles. The van der Waals surface area contributed by atoms with Gasteiger partial charge >= 0.3 is 0 Å². The van der Waals surface area contributed by atoms with Crippen LogP contribution in [0.3, 0.4) is 0 Å². The minimum Gasteiger partial charge on any atom is -0.486 e. The van der Waals surface area contributed by atoms with E-state index in [2.05, 4.69) is 25.6 Å². The molecule has 0 bridgehead atoms. The van der Waals surface area contributed by atoms with Gasteiger partial charge in [0.25, 0.3) is 5.56 Å². The van der Waals surface area contributed by atoms with Gasteiger partial charge in [-0.25, -0.2) is 9.37 Å². The highest BCUT2D eigenvalue weighted by Gasteiger charge is 2.15. The lowest BCUT2D eigenvalue weighted by molar-refractivity contribution is 0.295. The Morgan fingerprint density at radius 2 is 2.24 bits per heavy atom. The first-order valence-corrected chi connectivity index (χ1v) is 9.84. The third-order valence-electron chi connectivity index (χ3n) is 4.90. The molecule has 152 valence electrons. The van der Waals surface area contributed by atoms with E-state index in [1.54, 1.807) is 12.3 Å². The number of aromatic amines is 1. The number of rotatable bonds is 7. The first-order valence-electron chi connectivity index (χ1n) is 9.46. The summed E-state index contributed by atoms with van der Waals surface area (Å²) in [6, 6.07) is 5.72. The molecule has 9 heteroatoms. The summed E-state index contributed by atoms with van der Waals surface area (Å²) in [5.41, 5.74) is 1.00. The van der Waals surface area contributed by atoms with E-state index in [4.69, 9.17) is 16.3 Å². The van der Waals surface area contributed by atoms with Gasteiger partial charge in [-0.05, 0) is 50.2 Å². The number of pyridine rings is 1. The average Bonchev–Trinajstić information content (AvgIpc) is 3.23. The van der Waals surface area contributed by atoms with Crippen molar-refractivity contribution >= 4 is 22.5 Å². The van der Waals surface area contributed by atoms with Crippen molar-refractivity contribution in [3.63, 3.8) is 0 Å². The predicted molar refractivity (Wildman–Crippen MR) is 109 cm³/mol. The van der Waals surface area contributed by atoms with Crippen molar-refractivity contribution in [1.82, 2.24) is 25.6 Å². The largest absolute Gasteiger partial charge is 0.486 e. The van der Waals surface area contributed by atoms with Gasteiger partial charge in [0.15, 0.2) is 0 Å². The van der Waals surface area contributed by atoms with Gasteiger partial charge in [-0.1, -0.05) is 11.6 Å². The van der Waals surface area contributed by atoms with Crippen LogP contribution >= 0.6 is 11.6 Å². The molecule has 2 aromatic heterocycles. The molecule has 1 fully saturated rings. The molecule has 1 atom stereocenters. The summed E-state index contributed by atoms with van der Waals surface area (Å²) in [6.07, 6.45) is 2.77. The number of benzene rings is 1. The molecule has 3 aromatic rings. The van der Waals surface area contributed by atoms with Crippen LogP contribution in [0.15, 0.2) is 35.3 Å². The highest BCUT2D eigenvalue weighted by molar-refractivity contribution is 6.30. The summed E-state index contributed by atoms with van der Waals surface area (Å²) < 4.78 is 18.9. The molecule has 0 unspecified atom stereocenters. The number of halogens is 2. The Morgan fingerprint density at radius 3 is 3.03 bits per heavy atom. The molecule has 4 rings (SSSR count). The van der Waals surface area contributed by atoms with Crippen LogP contribution in [-0.4, -0.2) is 34.6 Å². The van der Waals surface area contributed by atoms with E-state index in [0.717, 1.165) is 26.1 Å². The zero-order chi connectivity index (χ0) is 20.2. The van der Waals surface area contributed by atoms with E-state index in [1.807, 2.05) is 0 Å². The summed E-state index contributed by atoms with van der Waals surface area (Å²) >= 11 is 5.77. The topological polar surface area (TPSA) is 91.9 Å². The van der Waals surface area contributed by atoms with Crippen molar-refractivity contribution in [2.24, 2.45) is 5.92 Å². The maximum atomic E-state index is 13.3. The second-order valence-electron chi connectivity index (χ2n) is 7.02. The number of fused-ring (bicyclic) bond motifs is 1. The first-order chi connectivity index (χ1) is 14.1. The quantitative estimate of drug-likeness (QED) is 0.546. The summed E-state index contributed by atoms with van der Waals surface area (Å²) in [7, 11) is 0. The third kappa shape index (κ3) is 4.72. The summed E-state index contributed by atoms with van der Waals surface area (Å²) in [4.78, 5) is 24.1. The van der Waals surface area contributed by atoms with Crippen LogP contribution in [-0.2, 0) is 13.2 Å². The number of aromatic nitrogens is 3. The van der Waals surface area contributed by atoms with Crippen LogP contribution in [0.2, 0.25) is 5.02 Å². The minimum absolute atomic E-state index is 0.0165. The van der Waals surface area contributed by atoms with Crippen LogP contribution in [0.4, 0.5) is 4.39 Å². The lowest BCUT2D eigenvalue weighted by Gasteiger charge is -2.11. The molecule has 7 nitrogen and oxygen atoms in total. The highest BCUT2D eigenvalue weighted by Crippen LogP contribution is 2.21. The number of hydrogen-bond donors (Lipinski definition) is 3. The fourth-order valence-electron chi connectivity index (χ4n) is 3.37. The summed E-state index contributed by atoms with van der Waals surface area (Å²) in [5, 5.41) is 7.20. The van der Waals surface area contributed by atoms with Crippen molar-refractivity contribution < 1.29 is 9.13 Å². The average molecular weight is 418 g/mol. The summed E-state index contributed by atoms with van der Waals surface area (Å²) in [6.45, 7) is 3.50. The molecule has 0 saturated carbocycles. The molecule has 0 radical (unpaired) electrons. The van der Waals surface area contributed by atoms with Gasteiger partial charge in [0, 0.05) is 18.8 Å². The molecule has 1 aliphatic rings. The van der Waals surface area contributed by atoms with E-state index in [0.29, 0.717) is 40.6 Å². The maximum absolute atomic E-state index is 13.3. The van der Waals surface area contributed by atoms with Crippen molar-refractivity contribution in [3.05, 3.63) is 63.2 Å². The standard InChI is InChI=1S/C20H21ClFN5O2/c21-15-7-13(1-2-16(15)22)29-11-18-26-19-14(20(28)27-18)4-6-25-17(19)10-24-9-12-3-5-23-8-12/h1-2,4,6-7,12,23-24H,3,5,8-11H2,(H,26,27,28)/t12-/m0/s1. The van der Waals surface area contributed by atoms with Crippen LogP contribution in [0.1, 0.15) is 17.9 Å². The van der Waals surface area contributed by atoms with Gasteiger partial charge in [0.05, 0.1) is 16.1 Å². The smallest absolute Gasteiger partial charge is 0.258 e. The molecule has 1 saturated heterocycles. The fourth-order valence-corrected chi connectivity index (χ4v) is 3.54. The number of H-pyrrole nitrogens is 1.